The minimum absolute atomic E-state index is 0.000181. The fourth-order valence-electron chi connectivity index (χ4n) is 3.71. The third-order valence-corrected chi connectivity index (χ3v) is 5.39. The van der Waals surface area contributed by atoms with E-state index >= 15 is 0 Å². The molecule has 0 aliphatic carbocycles. The van der Waals surface area contributed by atoms with Gasteiger partial charge in [-0.25, -0.2) is 14.4 Å². The molecule has 0 fully saturated rings. The summed E-state index contributed by atoms with van der Waals surface area (Å²) in [5.41, 5.74) is -2.08. The van der Waals surface area contributed by atoms with Crippen molar-refractivity contribution in [2.75, 3.05) is 0 Å². The highest BCUT2D eigenvalue weighted by molar-refractivity contribution is 5.71. The van der Waals surface area contributed by atoms with Crippen molar-refractivity contribution in [2.24, 2.45) is 0 Å². The van der Waals surface area contributed by atoms with Crippen molar-refractivity contribution in [2.45, 2.75) is 18.9 Å². The van der Waals surface area contributed by atoms with Gasteiger partial charge in [0.15, 0.2) is 5.76 Å². The minimum Gasteiger partial charge on any atom is -0.359 e. The van der Waals surface area contributed by atoms with E-state index in [0.29, 0.717) is 34.8 Å². The van der Waals surface area contributed by atoms with Crippen LogP contribution in [0.3, 0.4) is 0 Å². The van der Waals surface area contributed by atoms with Crippen LogP contribution in [0.4, 0.5) is 30.7 Å². The molecule has 0 spiro atoms. The number of nitrogens with zero attached hydrogens (tertiary/aromatic N) is 4. The quantitative estimate of drug-likeness (QED) is 0.248. The number of alkyl halides is 6. The fourth-order valence-corrected chi connectivity index (χ4v) is 3.71. The van der Waals surface area contributed by atoms with Crippen LogP contribution in [0.1, 0.15) is 16.9 Å². The maximum atomic E-state index is 14.1. The molecule has 5 nitrogen and oxygen atoms in total. The van der Waals surface area contributed by atoms with Gasteiger partial charge in [0.2, 0.25) is 0 Å². The third-order valence-electron chi connectivity index (χ3n) is 5.39. The van der Waals surface area contributed by atoms with Crippen molar-refractivity contribution in [3.8, 4) is 33.9 Å². The molecule has 0 N–H and O–H groups in total. The first-order valence-electron chi connectivity index (χ1n) is 10.3. The smallest absolute Gasteiger partial charge is 0.359 e. The largest absolute Gasteiger partial charge is 0.417 e. The Morgan fingerprint density at radius 2 is 1.56 bits per heavy atom. The van der Waals surface area contributed by atoms with Gasteiger partial charge >= 0.3 is 12.4 Å². The highest BCUT2D eigenvalue weighted by Crippen LogP contribution is 2.40. The summed E-state index contributed by atoms with van der Waals surface area (Å²) in [6, 6.07) is 10.3. The molecule has 3 heterocycles. The first-order valence-corrected chi connectivity index (χ1v) is 10.3. The maximum absolute atomic E-state index is 14.1. The van der Waals surface area contributed by atoms with Crippen LogP contribution in [-0.4, -0.2) is 19.7 Å². The molecule has 0 unspecified atom stereocenters. The average molecular weight is 506 g/mol. The maximum Gasteiger partial charge on any atom is 0.417 e. The Bertz CT molecular complexity index is 1520. The van der Waals surface area contributed by atoms with Gasteiger partial charge in [0.25, 0.3) is 0 Å². The highest BCUT2D eigenvalue weighted by atomic mass is 19.4. The van der Waals surface area contributed by atoms with E-state index in [0.717, 1.165) is 0 Å². The van der Waals surface area contributed by atoms with E-state index in [2.05, 4.69) is 15.1 Å². The summed E-state index contributed by atoms with van der Waals surface area (Å²) in [5.74, 6) is -0.311. The summed E-state index contributed by atoms with van der Waals surface area (Å²) in [5, 5.41) is 3.62. The van der Waals surface area contributed by atoms with E-state index in [9.17, 15) is 30.7 Å². The molecule has 1 aromatic heterocycles. The number of fused-ring (bicyclic) bond motifs is 1. The molecule has 0 atom stereocenters. The van der Waals surface area contributed by atoms with Gasteiger partial charge in [0.05, 0.1) is 35.4 Å². The van der Waals surface area contributed by atoms with E-state index in [-0.39, 0.29) is 24.1 Å². The zero-order valence-corrected chi connectivity index (χ0v) is 17.9. The van der Waals surface area contributed by atoms with Crippen LogP contribution >= 0.6 is 0 Å². The van der Waals surface area contributed by atoms with E-state index in [1.165, 1.54) is 23.0 Å². The number of halogens is 7. The van der Waals surface area contributed by atoms with Crippen LogP contribution in [-0.2, 0) is 18.9 Å². The Morgan fingerprint density at radius 1 is 0.778 bits per heavy atom. The topological polar surface area (TPSA) is 56.7 Å². The van der Waals surface area contributed by atoms with Gasteiger partial charge in [-0.3, -0.25) is 0 Å². The van der Waals surface area contributed by atoms with E-state index < -0.39 is 34.9 Å². The SMILES string of the molecule is Fc1ccccc1-c1cc2ncn(Cc3cc(-c4ccc(C(F)(F)F)cc4C(F)(F)F)no3)cc-2n1. The number of hydrogen-bond acceptors (Lipinski definition) is 4. The predicted octanol–water partition coefficient (Wildman–Crippen LogP) is 6.93. The Morgan fingerprint density at radius 3 is 2.28 bits per heavy atom. The average Bonchev–Trinajstić information content (AvgIpc) is 3.44. The summed E-state index contributed by atoms with van der Waals surface area (Å²) >= 11 is 0. The summed E-state index contributed by atoms with van der Waals surface area (Å²) in [6.07, 6.45) is -6.96. The Balaban J connectivity index is 1.44. The normalized spacial score (nSPS) is 12.4. The van der Waals surface area contributed by atoms with Crippen molar-refractivity contribution < 1.29 is 35.3 Å². The van der Waals surface area contributed by atoms with Crippen LogP contribution in [0.15, 0.2) is 71.6 Å². The second-order valence-corrected chi connectivity index (χ2v) is 7.87. The van der Waals surface area contributed by atoms with Crippen LogP contribution in [0, 0.1) is 5.82 Å². The molecule has 0 saturated carbocycles. The Kier molecular flexibility index (Phi) is 5.53. The zero-order chi connectivity index (χ0) is 25.7. The minimum atomic E-state index is -5.04. The second kappa shape index (κ2) is 8.47. The van der Waals surface area contributed by atoms with Gasteiger partial charge in [-0.05, 0) is 30.3 Å². The van der Waals surface area contributed by atoms with Gasteiger partial charge in [-0.2, -0.15) is 26.3 Å². The summed E-state index contributed by atoms with van der Waals surface area (Å²) in [4.78, 5) is 8.64. The van der Waals surface area contributed by atoms with Gasteiger partial charge in [-0.1, -0.05) is 23.4 Å². The standard InChI is InChI=1S/C24H13F7N4O/c25-18-4-2-1-3-16(18)19-9-21-22(33-19)11-35(12-32-21)10-14-8-20(34-36-14)15-6-5-13(23(26,27)28)7-17(15)24(29,30)31/h1-9,11-12H,10H2. The Hall–Kier alpha value is -4.22. The van der Waals surface area contributed by atoms with Gasteiger partial charge < -0.3 is 9.09 Å². The first kappa shape index (κ1) is 23.5. The third kappa shape index (κ3) is 4.53. The summed E-state index contributed by atoms with van der Waals surface area (Å²) in [7, 11) is 0. The molecule has 3 aromatic rings. The molecular formula is C24H13F7N4O. The Labute approximate surface area is 198 Å². The first-order chi connectivity index (χ1) is 17.0. The van der Waals surface area contributed by atoms with Gasteiger partial charge in [-0.15, -0.1) is 0 Å². The molecule has 2 aliphatic rings. The van der Waals surface area contributed by atoms with Crippen LogP contribution in [0.5, 0.6) is 0 Å². The van der Waals surface area contributed by atoms with Crippen LogP contribution in [0.25, 0.3) is 33.9 Å². The molecule has 0 saturated heterocycles. The lowest BCUT2D eigenvalue weighted by atomic mass is 10.0. The lowest BCUT2D eigenvalue weighted by Crippen LogP contribution is -2.12. The fraction of sp³-hybridized carbons (Fsp3) is 0.125. The number of aromatic nitrogens is 4. The van der Waals surface area contributed by atoms with Crippen LogP contribution < -0.4 is 0 Å². The number of benzene rings is 2. The predicted molar refractivity (Wildman–Crippen MR) is 113 cm³/mol. The molecule has 12 heteroatoms. The molecule has 0 radical (unpaired) electrons. The van der Waals surface area contributed by atoms with E-state index in [1.54, 1.807) is 30.5 Å². The lowest BCUT2D eigenvalue weighted by Gasteiger charge is -2.14. The molecule has 2 aromatic carbocycles. The molecule has 5 rings (SSSR count). The summed E-state index contributed by atoms with van der Waals surface area (Å²) < 4.78 is 100.0. The molecule has 2 aliphatic heterocycles. The number of rotatable bonds is 4. The molecule has 184 valence electrons. The van der Waals surface area contributed by atoms with Crippen LogP contribution in [0.2, 0.25) is 0 Å². The lowest BCUT2D eigenvalue weighted by molar-refractivity contribution is -0.142. The molecular weight excluding hydrogens is 493 g/mol. The van der Waals surface area contributed by atoms with Crippen molar-refractivity contribution >= 4 is 0 Å². The summed E-state index contributed by atoms with van der Waals surface area (Å²) in [6.45, 7) is -0.000181. The second-order valence-electron chi connectivity index (χ2n) is 7.87. The molecule has 0 amide bonds. The van der Waals surface area contributed by atoms with Crippen molar-refractivity contribution in [3.63, 3.8) is 0 Å². The molecule has 36 heavy (non-hydrogen) atoms. The molecule has 0 bridgehead atoms. The number of hydrogen-bond donors (Lipinski definition) is 0. The van der Waals surface area contributed by atoms with Crippen molar-refractivity contribution in [1.82, 2.24) is 19.7 Å². The van der Waals surface area contributed by atoms with Crippen molar-refractivity contribution in [1.29, 1.82) is 0 Å². The zero-order valence-electron chi connectivity index (χ0n) is 17.9. The van der Waals surface area contributed by atoms with E-state index in [4.69, 9.17) is 4.52 Å². The van der Waals surface area contributed by atoms with Crippen molar-refractivity contribution in [3.05, 3.63) is 89.8 Å². The van der Waals surface area contributed by atoms with Gasteiger partial charge in [0.1, 0.15) is 17.2 Å². The monoisotopic (exact) mass is 506 g/mol. The highest BCUT2D eigenvalue weighted by Gasteiger charge is 2.39. The van der Waals surface area contributed by atoms with Gasteiger partial charge in [0, 0.05) is 23.4 Å². The van der Waals surface area contributed by atoms with E-state index in [1.807, 2.05) is 0 Å².